The molecule has 1 amide bonds. The molecule has 1 aliphatic heterocycles. The molecule has 1 aromatic rings. The molecule has 3 N–H and O–H groups in total. The molecule has 0 radical (unpaired) electrons. The lowest BCUT2D eigenvalue weighted by atomic mass is 9.80. The SMILES string of the molecule is Cc1cccc(C(=O)N2CCC(C)(CN)CC2)c1O. The molecule has 0 unspecified atom stereocenters. The first-order chi connectivity index (χ1) is 8.97. The Kier molecular flexibility index (Phi) is 3.80. The number of aromatic hydroxyl groups is 1. The molecule has 1 heterocycles. The van der Waals surface area contributed by atoms with Crippen LogP contribution in [0, 0.1) is 12.3 Å². The number of aryl methyl sites for hydroxylation is 1. The first-order valence-corrected chi connectivity index (χ1v) is 6.75. The summed E-state index contributed by atoms with van der Waals surface area (Å²) in [6.07, 6.45) is 1.84. The number of benzene rings is 1. The fourth-order valence-corrected chi connectivity index (χ4v) is 2.46. The molecule has 0 saturated carbocycles. The second-order valence-corrected chi connectivity index (χ2v) is 5.78. The van der Waals surface area contributed by atoms with Crippen molar-refractivity contribution in [2.24, 2.45) is 11.1 Å². The van der Waals surface area contributed by atoms with E-state index in [1.165, 1.54) is 0 Å². The second kappa shape index (κ2) is 5.21. The van der Waals surface area contributed by atoms with Crippen molar-refractivity contribution < 1.29 is 9.90 Å². The van der Waals surface area contributed by atoms with Gasteiger partial charge in [0.1, 0.15) is 5.75 Å². The molecule has 0 atom stereocenters. The highest BCUT2D eigenvalue weighted by molar-refractivity contribution is 5.97. The fraction of sp³-hybridized carbons (Fsp3) is 0.533. The number of amides is 1. The van der Waals surface area contributed by atoms with Gasteiger partial charge in [0.15, 0.2) is 0 Å². The van der Waals surface area contributed by atoms with E-state index in [1.54, 1.807) is 25.1 Å². The maximum absolute atomic E-state index is 12.4. The molecule has 19 heavy (non-hydrogen) atoms. The van der Waals surface area contributed by atoms with Crippen LogP contribution in [0.5, 0.6) is 5.75 Å². The number of hydrogen-bond acceptors (Lipinski definition) is 3. The van der Waals surface area contributed by atoms with E-state index in [-0.39, 0.29) is 17.1 Å². The van der Waals surface area contributed by atoms with Crippen LogP contribution < -0.4 is 5.73 Å². The first-order valence-electron chi connectivity index (χ1n) is 6.75. The van der Waals surface area contributed by atoms with Crippen molar-refractivity contribution in [2.75, 3.05) is 19.6 Å². The fourth-order valence-electron chi connectivity index (χ4n) is 2.46. The predicted octanol–water partition coefficient (Wildman–Crippen LogP) is 1.90. The van der Waals surface area contributed by atoms with Gasteiger partial charge in [0.05, 0.1) is 5.56 Å². The van der Waals surface area contributed by atoms with Crippen molar-refractivity contribution in [1.82, 2.24) is 4.90 Å². The van der Waals surface area contributed by atoms with Crippen LogP contribution in [0.1, 0.15) is 35.7 Å². The van der Waals surface area contributed by atoms with Crippen molar-refractivity contribution >= 4 is 5.91 Å². The van der Waals surface area contributed by atoms with E-state index in [4.69, 9.17) is 5.73 Å². The number of para-hydroxylation sites is 1. The molecule has 1 aliphatic rings. The van der Waals surface area contributed by atoms with E-state index in [9.17, 15) is 9.90 Å². The third-order valence-corrected chi connectivity index (χ3v) is 4.22. The van der Waals surface area contributed by atoms with Gasteiger partial charge in [-0.3, -0.25) is 4.79 Å². The average Bonchev–Trinajstić information content (AvgIpc) is 2.42. The number of phenols is 1. The van der Waals surface area contributed by atoms with Crippen molar-refractivity contribution in [3.05, 3.63) is 29.3 Å². The van der Waals surface area contributed by atoms with Gasteiger partial charge >= 0.3 is 0 Å². The Labute approximate surface area is 114 Å². The van der Waals surface area contributed by atoms with Crippen LogP contribution in [-0.2, 0) is 0 Å². The molecule has 1 aromatic carbocycles. The second-order valence-electron chi connectivity index (χ2n) is 5.78. The Bertz CT molecular complexity index is 477. The van der Waals surface area contributed by atoms with Gasteiger partial charge in [-0.1, -0.05) is 19.1 Å². The van der Waals surface area contributed by atoms with E-state index < -0.39 is 0 Å². The van der Waals surface area contributed by atoms with Gasteiger partial charge in [-0.15, -0.1) is 0 Å². The van der Waals surface area contributed by atoms with Crippen LogP contribution >= 0.6 is 0 Å². The van der Waals surface area contributed by atoms with Crippen LogP contribution in [-0.4, -0.2) is 35.5 Å². The summed E-state index contributed by atoms with van der Waals surface area (Å²) in [5.74, 6) is 0.0138. The number of phenolic OH excluding ortho intramolecular Hbond substituents is 1. The minimum absolute atomic E-state index is 0.0831. The molecule has 4 nitrogen and oxygen atoms in total. The van der Waals surface area contributed by atoms with Crippen LogP contribution in [0.2, 0.25) is 0 Å². The Morgan fingerprint density at radius 3 is 2.63 bits per heavy atom. The highest BCUT2D eigenvalue weighted by Gasteiger charge is 2.31. The van der Waals surface area contributed by atoms with E-state index in [1.807, 2.05) is 4.90 Å². The topological polar surface area (TPSA) is 66.6 Å². The summed E-state index contributed by atoms with van der Waals surface area (Å²) in [6, 6.07) is 5.28. The zero-order chi connectivity index (χ0) is 14.0. The van der Waals surface area contributed by atoms with Crippen molar-refractivity contribution in [2.45, 2.75) is 26.7 Å². The molecular formula is C15H22N2O2. The molecule has 0 aromatic heterocycles. The summed E-state index contributed by atoms with van der Waals surface area (Å²) >= 11 is 0. The smallest absolute Gasteiger partial charge is 0.257 e. The lowest BCUT2D eigenvalue weighted by molar-refractivity contribution is 0.0614. The predicted molar refractivity (Wildman–Crippen MR) is 75.1 cm³/mol. The van der Waals surface area contributed by atoms with Gasteiger partial charge in [0.25, 0.3) is 5.91 Å². The highest BCUT2D eigenvalue weighted by atomic mass is 16.3. The summed E-state index contributed by atoms with van der Waals surface area (Å²) in [5, 5.41) is 9.98. The number of carbonyl (C=O) groups is 1. The highest BCUT2D eigenvalue weighted by Crippen LogP contribution is 2.31. The van der Waals surface area contributed by atoms with Crippen molar-refractivity contribution in [3.8, 4) is 5.75 Å². The van der Waals surface area contributed by atoms with Gasteiger partial charge in [-0.2, -0.15) is 0 Å². The molecule has 104 valence electrons. The van der Waals surface area contributed by atoms with Crippen molar-refractivity contribution in [1.29, 1.82) is 0 Å². The van der Waals surface area contributed by atoms with Crippen LogP contribution in [0.15, 0.2) is 18.2 Å². The zero-order valence-electron chi connectivity index (χ0n) is 11.6. The molecule has 4 heteroatoms. The van der Waals surface area contributed by atoms with Crippen LogP contribution in [0.4, 0.5) is 0 Å². The molecule has 0 spiro atoms. The first kappa shape index (κ1) is 13.9. The van der Waals surface area contributed by atoms with Crippen LogP contribution in [0.3, 0.4) is 0 Å². The quantitative estimate of drug-likeness (QED) is 0.855. The number of nitrogens with two attached hydrogens (primary N) is 1. The minimum Gasteiger partial charge on any atom is -0.507 e. The van der Waals surface area contributed by atoms with E-state index in [0.29, 0.717) is 25.2 Å². The third-order valence-electron chi connectivity index (χ3n) is 4.22. The summed E-state index contributed by atoms with van der Waals surface area (Å²) < 4.78 is 0. The lowest BCUT2D eigenvalue weighted by Gasteiger charge is -2.38. The average molecular weight is 262 g/mol. The molecule has 0 bridgehead atoms. The monoisotopic (exact) mass is 262 g/mol. The lowest BCUT2D eigenvalue weighted by Crippen LogP contribution is -2.44. The van der Waals surface area contributed by atoms with Crippen molar-refractivity contribution in [3.63, 3.8) is 0 Å². The normalized spacial score (nSPS) is 18.4. The Balaban J connectivity index is 2.12. The third kappa shape index (κ3) is 2.73. The number of nitrogens with zero attached hydrogens (tertiary/aromatic N) is 1. The maximum atomic E-state index is 12.4. The van der Waals surface area contributed by atoms with Gasteiger partial charge < -0.3 is 15.7 Å². The van der Waals surface area contributed by atoms with E-state index >= 15 is 0 Å². The summed E-state index contributed by atoms with van der Waals surface area (Å²) in [7, 11) is 0. The largest absolute Gasteiger partial charge is 0.507 e. The van der Waals surface area contributed by atoms with Gasteiger partial charge in [0, 0.05) is 13.1 Å². The number of carbonyl (C=O) groups excluding carboxylic acids is 1. The Morgan fingerprint density at radius 1 is 1.42 bits per heavy atom. The maximum Gasteiger partial charge on any atom is 0.257 e. The molecular weight excluding hydrogens is 240 g/mol. The van der Waals surface area contributed by atoms with Gasteiger partial charge in [-0.05, 0) is 43.4 Å². The number of piperidine rings is 1. The Morgan fingerprint density at radius 2 is 2.05 bits per heavy atom. The minimum atomic E-state index is -0.0831. The molecule has 2 rings (SSSR count). The summed E-state index contributed by atoms with van der Waals surface area (Å²) in [4.78, 5) is 14.2. The van der Waals surface area contributed by atoms with Crippen LogP contribution in [0.25, 0.3) is 0 Å². The number of hydrogen-bond donors (Lipinski definition) is 2. The summed E-state index contributed by atoms with van der Waals surface area (Å²) in [5.41, 5.74) is 7.05. The zero-order valence-corrected chi connectivity index (χ0v) is 11.6. The van der Waals surface area contributed by atoms with E-state index in [2.05, 4.69) is 6.92 Å². The molecule has 0 aliphatic carbocycles. The summed E-state index contributed by atoms with van der Waals surface area (Å²) in [6.45, 7) is 6.04. The Hall–Kier alpha value is -1.55. The van der Waals surface area contributed by atoms with Gasteiger partial charge in [0.2, 0.25) is 0 Å². The standard InChI is InChI=1S/C15H22N2O2/c1-11-4-3-5-12(13(11)18)14(19)17-8-6-15(2,10-16)7-9-17/h3-5,18H,6-10,16H2,1-2H3. The number of rotatable bonds is 2. The van der Waals surface area contributed by atoms with Gasteiger partial charge in [-0.25, -0.2) is 0 Å². The van der Waals surface area contributed by atoms with E-state index in [0.717, 1.165) is 18.4 Å². The molecule has 1 fully saturated rings. The molecule has 1 saturated heterocycles. The number of likely N-dealkylation sites (tertiary alicyclic amines) is 1.